The van der Waals surface area contributed by atoms with Crippen LogP contribution in [-0.2, 0) is 14.3 Å². The van der Waals surface area contributed by atoms with Crippen molar-refractivity contribution in [2.75, 3.05) is 6.54 Å². The highest BCUT2D eigenvalue weighted by atomic mass is 16.6. The van der Waals surface area contributed by atoms with E-state index in [9.17, 15) is 9.59 Å². The molecule has 0 aromatic carbocycles. The summed E-state index contributed by atoms with van der Waals surface area (Å²) in [5, 5.41) is 2.69. The first kappa shape index (κ1) is 10.8. The number of carbonyl (C=O) groups is 2. The number of hydrogen-bond donors (Lipinski definition) is 1. The van der Waals surface area contributed by atoms with Gasteiger partial charge in [0.25, 0.3) is 0 Å². The second-order valence-electron chi connectivity index (χ2n) is 3.90. The molecule has 1 aliphatic rings. The quantitative estimate of drug-likeness (QED) is 0.525. The molecule has 1 rings (SSSR count). The maximum absolute atomic E-state index is 11.3. The van der Waals surface area contributed by atoms with Crippen molar-refractivity contribution in [2.24, 2.45) is 0 Å². The molecule has 1 unspecified atom stereocenters. The van der Waals surface area contributed by atoms with Gasteiger partial charge in [0.15, 0.2) is 0 Å². The van der Waals surface area contributed by atoms with Crippen molar-refractivity contribution in [3.8, 4) is 0 Å². The van der Waals surface area contributed by atoms with Gasteiger partial charge in [0.2, 0.25) is 5.91 Å². The molecule has 1 fully saturated rings. The van der Waals surface area contributed by atoms with E-state index in [4.69, 9.17) is 4.74 Å². The Balaban J connectivity index is 2.61. The van der Waals surface area contributed by atoms with Crippen LogP contribution in [0.2, 0.25) is 0 Å². The number of esters is 1. The molecule has 1 amide bonds. The number of piperidine rings is 1. The van der Waals surface area contributed by atoms with Gasteiger partial charge in [-0.3, -0.25) is 4.79 Å². The van der Waals surface area contributed by atoms with Gasteiger partial charge in [0.05, 0.1) is 6.42 Å². The van der Waals surface area contributed by atoms with E-state index in [1.165, 1.54) is 0 Å². The van der Waals surface area contributed by atoms with Crippen LogP contribution in [0.25, 0.3) is 0 Å². The Morgan fingerprint density at radius 1 is 1.64 bits per heavy atom. The lowest BCUT2D eigenvalue weighted by Crippen LogP contribution is -2.46. The number of ether oxygens (including phenoxy) is 1. The van der Waals surface area contributed by atoms with Gasteiger partial charge in [-0.25, -0.2) is 4.79 Å². The third-order valence-electron chi connectivity index (χ3n) is 2.20. The SMILES string of the molecule is C=C(C)C(=O)OC1(C)CCNC(=O)C1. The topological polar surface area (TPSA) is 55.4 Å². The van der Waals surface area contributed by atoms with E-state index < -0.39 is 11.6 Å². The highest BCUT2D eigenvalue weighted by Crippen LogP contribution is 2.23. The Morgan fingerprint density at radius 2 is 2.29 bits per heavy atom. The average molecular weight is 197 g/mol. The van der Waals surface area contributed by atoms with Gasteiger partial charge >= 0.3 is 5.97 Å². The summed E-state index contributed by atoms with van der Waals surface area (Å²) in [5.41, 5.74) is -0.310. The predicted octanol–water partition coefficient (Wildman–Crippen LogP) is 0.774. The molecule has 78 valence electrons. The summed E-state index contributed by atoms with van der Waals surface area (Å²) < 4.78 is 5.21. The van der Waals surface area contributed by atoms with E-state index in [1.54, 1.807) is 13.8 Å². The Labute approximate surface area is 83.3 Å². The Morgan fingerprint density at radius 3 is 2.79 bits per heavy atom. The largest absolute Gasteiger partial charge is 0.455 e. The van der Waals surface area contributed by atoms with Crippen LogP contribution in [0.4, 0.5) is 0 Å². The first-order valence-electron chi connectivity index (χ1n) is 4.58. The van der Waals surface area contributed by atoms with Crippen LogP contribution in [0.15, 0.2) is 12.2 Å². The van der Waals surface area contributed by atoms with Gasteiger partial charge < -0.3 is 10.1 Å². The summed E-state index contributed by atoms with van der Waals surface area (Å²) in [6.07, 6.45) is 0.879. The highest BCUT2D eigenvalue weighted by molar-refractivity contribution is 5.88. The number of amides is 1. The minimum absolute atomic E-state index is 0.0757. The molecule has 14 heavy (non-hydrogen) atoms. The van der Waals surface area contributed by atoms with Crippen LogP contribution in [0.1, 0.15) is 26.7 Å². The summed E-state index contributed by atoms with van der Waals surface area (Å²) >= 11 is 0. The number of nitrogens with one attached hydrogen (secondary N) is 1. The molecule has 0 aromatic heterocycles. The summed E-state index contributed by atoms with van der Waals surface area (Å²) in [6, 6.07) is 0. The van der Waals surface area contributed by atoms with Crippen LogP contribution in [0, 0.1) is 0 Å². The van der Waals surface area contributed by atoms with E-state index in [0.717, 1.165) is 0 Å². The summed E-state index contributed by atoms with van der Waals surface area (Å²) in [5.74, 6) is -0.504. The Hall–Kier alpha value is -1.32. The number of carbonyl (C=O) groups excluding carboxylic acids is 2. The molecule has 1 atom stereocenters. The number of rotatable bonds is 2. The zero-order valence-electron chi connectivity index (χ0n) is 8.55. The summed E-state index contributed by atoms with van der Waals surface area (Å²) in [4.78, 5) is 22.4. The van der Waals surface area contributed by atoms with Crippen molar-refractivity contribution in [1.82, 2.24) is 5.32 Å². The van der Waals surface area contributed by atoms with E-state index in [2.05, 4.69) is 11.9 Å². The molecule has 1 N–H and O–H groups in total. The second kappa shape index (κ2) is 3.82. The molecule has 0 saturated carbocycles. The van der Waals surface area contributed by atoms with Crippen molar-refractivity contribution in [1.29, 1.82) is 0 Å². The molecule has 0 spiro atoms. The van der Waals surface area contributed by atoms with E-state index in [0.29, 0.717) is 18.5 Å². The van der Waals surface area contributed by atoms with Gasteiger partial charge in [-0.1, -0.05) is 6.58 Å². The van der Waals surface area contributed by atoms with Crippen molar-refractivity contribution < 1.29 is 14.3 Å². The fourth-order valence-corrected chi connectivity index (χ4v) is 1.35. The van der Waals surface area contributed by atoms with Gasteiger partial charge in [-0.2, -0.15) is 0 Å². The molecule has 4 heteroatoms. The zero-order chi connectivity index (χ0) is 10.8. The molecule has 1 heterocycles. The number of hydrogen-bond acceptors (Lipinski definition) is 3. The average Bonchev–Trinajstić information content (AvgIpc) is 2.02. The van der Waals surface area contributed by atoms with Crippen LogP contribution in [0.3, 0.4) is 0 Å². The van der Waals surface area contributed by atoms with Crippen LogP contribution >= 0.6 is 0 Å². The Bertz CT molecular complexity index is 285. The van der Waals surface area contributed by atoms with Crippen molar-refractivity contribution >= 4 is 11.9 Å². The van der Waals surface area contributed by atoms with Crippen LogP contribution in [-0.4, -0.2) is 24.0 Å². The normalized spacial score (nSPS) is 26.6. The van der Waals surface area contributed by atoms with Crippen molar-refractivity contribution in [2.45, 2.75) is 32.3 Å². The molecular formula is C10H15NO3. The third-order valence-corrected chi connectivity index (χ3v) is 2.20. The first-order valence-corrected chi connectivity index (χ1v) is 4.58. The van der Waals surface area contributed by atoms with Gasteiger partial charge in [-0.15, -0.1) is 0 Å². The third kappa shape index (κ3) is 2.58. The lowest BCUT2D eigenvalue weighted by Gasteiger charge is -2.32. The maximum Gasteiger partial charge on any atom is 0.333 e. The molecule has 0 aliphatic carbocycles. The fraction of sp³-hybridized carbons (Fsp3) is 0.600. The predicted molar refractivity (Wildman–Crippen MR) is 51.6 cm³/mol. The fourth-order valence-electron chi connectivity index (χ4n) is 1.35. The van der Waals surface area contributed by atoms with E-state index in [1.807, 2.05) is 0 Å². The van der Waals surface area contributed by atoms with Crippen molar-refractivity contribution in [3.05, 3.63) is 12.2 Å². The molecule has 0 aromatic rings. The molecule has 4 nitrogen and oxygen atoms in total. The smallest absolute Gasteiger partial charge is 0.333 e. The molecule has 0 radical (unpaired) electrons. The molecule has 1 aliphatic heterocycles. The van der Waals surface area contributed by atoms with Gasteiger partial charge in [0, 0.05) is 18.5 Å². The molecule has 1 saturated heterocycles. The van der Waals surface area contributed by atoms with Gasteiger partial charge in [-0.05, 0) is 13.8 Å². The summed E-state index contributed by atoms with van der Waals surface area (Å²) in [6.45, 7) is 7.41. The lowest BCUT2D eigenvalue weighted by molar-refractivity contribution is -0.158. The van der Waals surface area contributed by atoms with Crippen LogP contribution < -0.4 is 5.32 Å². The lowest BCUT2D eigenvalue weighted by atomic mass is 9.94. The van der Waals surface area contributed by atoms with Crippen LogP contribution in [0.5, 0.6) is 0 Å². The summed E-state index contributed by atoms with van der Waals surface area (Å²) in [7, 11) is 0. The molecule has 0 bridgehead atoms. The Kier molecular flexibility index (Phi) is 2.93. The zero-order valence-corrected chi connectivity index (χ0v) is 8.55. The van der Waals surface area contributed by atoms with E-state index >= 15 is 0 Å². The first-order chi connectivity index (χ1) is 6.43. The van der Waals surface area contributed by atoms with E-state index in [-0.39, 0.29) is 12.3 Å². The monoisotopic (exact) mass is 197 g/mol. The standard InChI is InChI=1S/C10H15NO3/c1-7(2)9(13)14-10(3)4-5-11-8(12)6-10/h1,4-6H2,2-3H3,(H,11,12). The minimum Gasteiger partial charge on any atom is -0.455 e. The van der Waals surface area contributed by atoms with Crippen molar-refractivity contribution in [3.63, 3.8) is 0 Å². The molecular weight excluding hydrogens is 182 g/mol. The maximum atomic E-state index is 11.3. The van der Waals surface area contributed by atoms with Gasteiger partial charge in [0.1, 0.15) is 5.60 Å². The second-order valence-corrected chi connectivity index (χ2v) is 3.90. The minimum atomic E-state index is -0.668. The highest BCUT2D eigenvalue weighted by Gasteiger charge is 2.34.